The molecular weight excluding hydrogens is 372 g/mol. The molecule has 1 aromatic carbocycles. The molecular formula is C19H23ClN2O5. The fourth-order valence-corrected chi connectivity index (χ4v) is 4.85. The summed E-state index contributed by atoms with van der Waals surface area (Å²) >= 11 is 6.60. The third-order valence-electron chi connectivity index (χ3n) is 5.98. The Hall–Kier alpha value is -2.15. The molecule has 27 heavy (non-hydrogen) atoms. The zero-order chi connectivity index (χ0) is 19.3. The van der Waals surface area contributed by atoms with Crippen molar-refractivity contribution in [2.24, 2.45) is 5.92 Å². The van der Waals surface area contributed by atoms with E-state index >= 15 is 0 Å². The van der Waals surface area contributed by atoms with Gasteiger partial charge in [0.2, 0.25) is 0 Å². The molecule has 1 saturated carbocycles. The van der Waals surface area contributed by atoms with E-state index in [9.17, 15) is 9.59 Å². The lowest BCUT2D eigenvalue weighted by Crippen LogP contribution is -2.47. The molecule has 3 aliphatic rings. The Kier molecular flexibility index (Phi) is 4.37. The van der Waals surface area contributed by atoms with Crippen LogP contribution in [0.3, 0.4) is 0 Å². The molecule has 0 spiro atoms. The van der Waals surface area contributed by atoms with E-state index in [2.05, 4.69) is 10.6 Å². The number of fused-ring (bicyclic) bond motifs is 2. The van der Waals surface area contributed by atoms with Crippen molar-refractivity contribution in [2.45, 2.75) is 57.8 Å². The van der Waals surface area contributed by atoms with E-state index in [0.29, 0.717) is 35.1 Å². The van der Waals surface area contributed by atoms with Gasteiger partial charge in [-0.25, -0.2) is 4.79 Å². The first-order valence-electron chi connectivity index (χ1n) is 9.30. The van der Waals surface area contributed by atoms with Gasteiger partial charge in [-0.1, -0.05) is 11.6 Å². The van der Waals surface area contributed by atoms with E-state index in [1.165, 1.54) is 0 Å². The lowest BCUT2D eigenvalue weighted by molar-refractivity contribution is -0.121. The van der Waals surface area contributed by atoms with Gasteiger partial charge >= 0.3 is 6.09 Å². The number of rotatable bonds is 2. The van der Waals surface area contributed by atoms with E-state index in [1.807, 2.05) is 13.8 Å². The molecule has 1 aliphatic carbocycles. The summed E-state index contributed by atoms with van der Waals surface area (Å²) in [5.74, 6) is 0.180. The lowest BCUT2D eigenvalue weighted by Gasteiger charge is -2.37. The van der Waals surface area contributed by atoms with Crippen molar-refractivity contribution in [3.63, 3.8) is 0 Å². The summed E-state index contributed by atoms with van der Waals surface area (Å²) in [6.07, 6.45) is 2.72. The van der Waals surface area contributed by atoms with E-state index in [0.717, 1.165) is 36.8 Å². The standard InChI is InChI=1S/C19H23ClN2O5/c1-9-13-12(7-8-21-17(13)23)14(20)16-15(9)26-19(2,27-16)10-3-5-11(6-4-10)22-18(24)25/h10-11,22H,3-8H2,1-2H3,(H,21,23)(H,24,25). The quantitative estimate of drug-likeness (QED) is 0.715. The Balaban J connectivity index is 1.59. The van der Waals surface area contributed by atoms with Crippen LogP contribution in [0.1, 0.15) is 54.1 Å². The molecule has 0 saturated heterocycles. The largest absolute Gasteiger partial charge is 0.465 e. The van der Waals surface area contributed by atoms with Crippen LogP contribution in [0.2, 0.25) is 5.02 Å². The van der Waals surface area contributed by atoms with Crippen LogP contribution in [0.4, 0.5) is 4.79 Å². The molecule has 1 unspecified atom stereocenters. The summed E-state index contributed by atoms with van der Waals surface area (Å²) in [6, 6.07) is -0.0348. The van der Waals surface area contributed by atoms with Crippen LogP contribution in [-0.2, 0) is 6.42 Å². The predicted octanol–water partition coefficient (Wildman–Crippen LogP) is 3.25. The Morgan fingerprint density at radius 2 is 1.93 bits per heavy atom. The average molecular weight is 395 g/mol. The number of benzene rings is 1. The first-order chi connectivity index (χ1) is 12.8. The van der Waals surface area contributed by atoms with Gasteiger partial charge in [0, 0.05) is 31.0 Å². The van der Waals surface area contributed by atoms with Crippen LogP contribution in [0.25, 0.3) is 0 Å². The zero-order valence-corrected chi connectivity index (χ0v) is 16.1. The topological polar surface area (TPSA) is 96.9 Å². The second-order valence-electron chi connectivity index (χ2n) is 7.67. The van der Waals surface area contributed by atoms with Crippen molar-refractivity contribution < 1.29 is 24.2 Å². The van der Waals surface area contributed by atoms with Gasteiger partial charge in [-0.2, -0.15) is 0 Å². The number of hydrogen-bond acceptors (Lipinski definition) is 4. The van der Waals surface area contributed by atoms with Crippen molar-refractivity contribution in [2.75, 3.05) is 6.54 Å². The number of ether oxygens (including phenoxy) is 2. The number of carbonyl (C=O) groups is 2. The summed E-state index contributed by atoms with van der Waals surface area (Å²) < 4.78 is 12.5. The second kappa shape index (κ2) is 6.48. The van der Waals surface area contributed by atoms with Crippen molar-refractivity contribution in [1.82, 2.24) is 10.6 Å². The molecule has 4 rings (SSSR count). The number of nitrogens with one attached hydrogen (secondary N) is 2. The molecule has 0 radical (unpaired) electrons. The van der Waals surface area contributed by atoms with Crippen molar-refractivity contribution in [3.8, 4) is 11.5 Å². The predicted molar refractivity (Wildman–Crippen MR) is 98.8 cm³/mol. The Labute approximate surface area is 162 Å². The Morgan fingerprint density at radius 1 is 1.26 bits per heavy atom. The molecule has 3 N–H and O–H groups in total. The van der Waals surface area contributed by atoms with Crippen molar-refractivity contribution >= 4 is 23.6 Å². The minimum atomic E-state index is -0.989. The molecule has 2 heterocycles. The highest BCUT2D eigenvalue weighted by atomic mass is 35.5. The molecule has 7 nitrogen and oxygen atoms in total. The highest BCUT2D eigenvalue weighted by Crippen LogP contribution is 2.53. The third-order valence-corrected chi connectivity index (χ3v) is 6.38. The van der Waals surface area contributed by atoms with E-state index in [4.69, 9.17) is 26.2 Å². The fourth-order valence-electron chi connectivity index (χ4n) is 4.53. The number of carboxylic acid groups (broad SMARTS) is 1. The molecule has 8 heteroatoms. The molecule has 0 aromatic heterocycles. The fraction of sp³-hybridized carbons (Fsp3) is 0.579. The lowest BCUT2D eigenvalue weighted by atomic mass is 9.81. The van der Waals surface area contributed by atoms with Gasteiger partial charge in [0.25, 0.3) is 11.7 Å². The maximum absolute atomic E-state index is 12.3. The highest BCUT2D eigenvalue weighted by molar-refractivity contribution is 6.34. The van der Waals surface area contributed by atoms with E-state index < -0.39 is 11.9 Å². The third kappa shape index (κ3) is 2.98. The van der Waals surface area contributed by atoms with E-state index in [-0.39, 0.29) is 17.9 Å². The van der Waals surface area contributed by atoms with Crippen LogP contribution < -0.4 is 20.1 Å². The summed E-state index contributed by atoms with van der Waals surface area (Å²) in [5, 5.41) is 14.8. The SMILES string of the molecule is Cc1c2c(c(Cl)c3c1C(=O)NCC3)OC(C)(C1CCC(NC(=O)O)CC1)O2. The van der Waals surface area contributed by atoms with Gasteiger partial charge in [-0.05, 0) is 44.6 Å². The summed E-state index contributed by atoms with van der Waals surface area (Å²) in [4.78, 5) is 23.2. The molecule has 2 amide bonds. The maximum atomic E-state index is 12.3. The first-order valence-corrected chi connectivity index (χ1v) is 9.68. The number of hydrogen-bond donors (Lipinski definition) is 3. The Bertz CT molecular complexity index is 819. The van der Waals surface area contributed by atoms with E-state index in [1.54, 1.807) is 0 Å². The summed E-state index contributed by atoms with van der Waals surface area (Å²) in [7, 11) is 0. The van der Waals surface area contributed by atoms with Crippen LogP contribution >= 0.6 is 11.6 Å². The van der Waals surface area contributed by atoms with Gasteiger partial charge in [0.15, 0.2) is 11.5 Å². The van der Waals surface area contributed by atoms with Gasteiger partial charge in [0.05, 0.1) is 10.6 Å². The molecule has 2 aliphatic heterocycles. The van der Waals surface area contributed by atoms with Crippen molar-refractivity contribution in [3.05, 3.63) is 21.7 Å². The van der Waals surface area contributed by atoms with Crippen LogP contribution in [-0.4, -0.2) is 35.5 Å². The zero-order valence-electron chi connectivity index (χ0n) is 15.4. The average Bonchev–Trinajstić information content (AvgIpc) is 2.99. The first kappa shape index (κ1) is 18.2. The minimum Gasteiger partial charge on any atom is -0.465 e. The van der Waals surface area contributed by atoms with Gasteiger partial charge in [-0.3, -0.25) is 4.79 Å². The van der Waals surface area contributed by atoms with Gasteiger partial charge in [0.1, 0.15) is 0 Å². The van der Waals surface area contributed by atoms with Crippen LogP contribution in [0, 0.1) is 12.8 Å². The monoisotopic (exact) mass is 394 g/mol. The molecule has 1 fully saturated rings. The van der Waals surface area contributed by atoms with Gasteiger partial charge in [-0.15, -0.1) is 0 Å². The Morgan fingerprint density at radius 3 is 2.59 bits per heavy atom. The summed E-state index contributed by atoms with van der Waals surface area (Å²) in [5.41, 5.74) is 2.16. The highest BCUT2D eigenvalue weighted by Gasteiger charge is 2.48. The smallest absolute Gasteiger partial charge is 0.404 e. The van der Waals surface area contributed by atoms with Crippen LogP contribution in [0.15, 0.2) is 0 Å². The van der Waals surface area contributed by atoms with Crippen molar-refractivity contribution in [1.29, 1.82) is 0 Å². The van der Waals surface area contributed by atoms with Gasteiger partial charge < -0.3 is 25.2 Å². The normalized spacial score (nSPS) is 29.1. The molecule has 1 atom stereocenters. The van der Waals surface area contributed by atoms with Crippen LogP contribution in [0.5, 0.6) is 11.5 Å². The second-order valence-corrected chi connectivity index (χ2v) is 8.05. The minimum absolute atomic E-state index is 0.0348. The maximum Gasteiger partial charge on any atom is 0.404 e. The summed E-state index contributed by atoms with van der Waals surface area (Å²) in [6.45, 7) is 4.32. The number of carbonyl (C=O) groups excluding carboxylic acids is 1. The molecule has 0 bridgehead atoms. The number of amides is 2. The molecule has 146 valence electrons. The number of halogens is 1. The molecule has 1 aromatic rings.